The second-order valence-corrected chi connectivity index (χ2v) is 4.84. The number of azide groups is 1. The third-order valence-electron chi connectivity index (χ3n) is 3.41. The fraction of sp³-hybridized carbons (Fsp3) is 0.286. The Labute approximate surface area is 131 Å². The summed E-state index contributed by atoms with van der Waals surface area (Å²) in [4.78, 5) is 14.3. The summed E-state index contributed by atoms with van der Waals surface area (Å²) in [7, 11) is 0. The number of hydrazone groups is 1. The van der Waals surface area contributed by atoms with Crippen LogP contribution in [0.3, 0.4) is 0 Å². The van der Waals surface area contributed by atoms with Gasteiger partial charge in [-0.25, -0.2) is 0 Å². The number of rotatable bonds is 4. The second kappa shape index (κ2) is 6.48. The summed E-state index contributed by atoms with van der Waals surface area (Å²) in [5, 5.41) is 24.5. The van der Waals surface area contributed by atoms with Crippen LogP contribution >= 0.6 is 0 Å². The standard InChI is InChI=1S/C14H11N7O2/c1-9-6-13(22)23-14(9,20-21-17)10-2-4-11(5-3-10)18-19-12(7-15)8-16/h2-5,9,18H,6H2,1H3/t9-,14+/m1/s1. The summed E-state index contributed by atoms with van der Waals surface area (Å²) in [5.41, 5.74) is 10.7. The molecule has 2 rings (SSSR count). The summed E-state index contributed by atoms with van der Waals surface area (Å²) >= 11 is 0. The van der Waals surface area contributed by atoms with Crippen molar-refractivity contribution in [3.05, 3.63) is 40.3 Å². The van der Waals surface area contributed by atoms with Gasteiger partial charge in [-0.15, -0.1) is 0 Å². The smallest absolute Gasteiger partial charge is 0.307 e. The van der Waals surface area contributed by atoms with Crippen molar-refractivity contribution >= 4 is 17.4 Å². The first-order valence-electron chi connectivity index (χ1n) is 6.58. The molecule has 1 heterocycles. The van der Waals surface area contributed by atoms with Crippen LogP contribution in [-0.4, -0.2) is 11.7 Å². The van der Waals surface area contributed by atoms with Gasteiger partial charge in [0.05, 0.1) is 12.1 Å². The predicted octanol–water partition coefficient (Wildman–Crippen LogP) is 2.55. The van der Waals surface area contributed by atoms with Gasteiger partial charge < -0.3 is 4.74 Å². The second-order valence-electron chi connectivity index (χ2n) is 4.84. The number of hydrogen-bond acceptors (Lipinski definition) is 7. The van der Waals surface area contributed by atoms with Crippen molar-refractivity contribution in [3.8, 4) is 12.1 Å². The van der Waals surface area contributed by atoms with E-state index in [2.05, 4.69) is 20.6 Å². The van der Waals surface area contributed by atoms with Crippen molar-refractivity contribution in [2.45, 2.75) is 19.1 Å². The Hall–Kier alpha value is -3.55. The van der Waals surface area contributed by atoms with E-state index in [0.29, 0.717) is 11.3 Å². The molecule has 1 N–H and O–H groups in total. The van der Waals surface area contributed by atoms with E-state index in [1.807, 2.05) is 0 Å². The van der Waals surface area contributed by atoms with Crippen LogP contribution in [0.5, 0.6) is 0 Å². The zero-order valence-corrected chi connectivity index (χ0v) is 12.1. The summed E-state index contributed by atoms with van der Waals surface area (Å²) in [6, 6.07) is 9.72. The van der Waals surface area contributed by atoms with E-state index in [9.17, 15) is 4.79 Å². The molecule has 0 aromatic heterocycles. The number of carbonyl (C=O) groups is 1. The molecule has 0 aliphatic carbocycles. The Morgan fingerprint density at radius 2 is 2.09 bits per heavy atom. The number of carbonyl (C=O) groups excluding carboxylic acids is 1. The van der Waals surface area contributed by atoms with Crippen LogP contribution in [0.1, 0.15) is 18.9 Å². The van der Waals surface area contributed by atoms with E-state index < -0.39 is 11.7 Å². The number of anilines is 1. The molecule has 0 bridgehead atoms. The number of hydrogen-bond donors (Lipinski definition) is 1. The van der Waals surface area contributed by atoms with Crippen molar-refractivity contribution in [1.82, 2.24) is 0 Å². The molecule has 0 amide bonds. The van der Waals surface area contributed by atoms with Crippen LogP contribution in [0.25, 0.3) is 10.4 Å². The number of benzene rings is 1. The molecule has 9 heteroatoms. The minimum atomic E-state index is -1.36. The number of esters is 1. The van der Waals surface area contributed by atoms with E-state index in [4.69, 9.17) is 20.8 Å². The zero-order chi connectivity index (χ0) is 16.9. The Balaban J connectivity index is 2.30. The first-order chi connectivity index (χ1) is 11.1. The van der Waals surface area contributed by atoms with Gasteiger partial charge >= 0.3 is 5.97 Å². The van der Waals surface area contributed by atoms with Crippen molar-refractivity contribution in [3.63, 3.8) is 0 Å². The van der Waals surface area contributed by atoms with Gasteiger partial charge in [-0.05, 0) is 22.8 Å². The summed E-state index contributed by atoms with van der Waals surface area (Å²) in [6.45, 7) is 1.77. The number of cyclic esters (lactones) is 1. The van der Waals surface area contributed by atoms with E-state index in [0.717, 1.165) is 0 Å². The zero-order valence-electron chi connectivity index (χ0n) is 12.1. The predicted molar refractivity (Wildman–Crippen MR) is 79.4 cm³/mol. The van der Waals surface area contributed by atoms with Gasteiger partial charge in [0.2, 0.25) is 11.4 Å². The lowest BCUT2D eigenvalue weighted by molar-refractivity contribution is -0.149. The van der Waals surface area contributed by atoms with E-state index in [1.165, 1.54) is 0 Å². The molecule has 1 aliphatic rings. The number of ether oxygens (including phenoxy) is 1. The number of nitrogens with zero attached hydrogens (tertiary/aromatic N) is 6. The van der Waals surface area contributed by atoms with Gasteiger partial charge in [0, 0.05) is 16.4 Å². The van der Waals surface area contributed by atoms with Crippen molar-refractivity contribution < 1.29 is 9.53 Å². The normalized spacial score (nSPS) is 22.0. The molecular formula is C14H11N7O2. The van der Waals surface area contributed by atoms with Crippen LogP contribution in [-0.2, 0) is 15.3 Å². The van der Waals surface area contributed by atoms with E-state index in [-0.39, 0.29) is 18.1 Å². The third-order valence-corrected chi connectivity index (χ3v) is 3.41. The highest BCUT2D eigenvalue weighted by Gasteiger charge is 2.47. The average molecular weight is 309 g/mol. The maximum Gasteiger partial charge on any atom is 0.307 e. The molecule has 0 unspecified atom stereocenters. The van der Waals surface area contributed by atoms with Crippen molar-refractivity contribution in [2.24, 2.45) is 16.1 Å². The minimum absolute atomic E-state index is 0.164. The van der Waals surface area contributed by atoms with Gasteiger partial charge in [-0.1, -0.05) is 19.1 Å². The molecule has 0 saturated carbocycles. The molecule has 23 heavy (non-hydrogen) atoms. The van der Waals surface area contributed by atoms with Crippen molar-refractivity contribution in [2.75, 3.05) is 5.43 Å². The van der Waals surface area contributed by atoms with E-state index >= 15 is 0 Å². The number of nitriles is 2. The molecule has 1 aliphatic heterocycles. The molecule has 0 radical (unpaired) electrons. The van der Waals surface area contributed by atoms with Gasteiger partial charge in [0.15, 0.2) is 0 Å². The lowest BCUT2D eigenvalue weighted by atomic mass is 9.91. The lowest BCUT2D eigenvalue weighted by Crippen LogP contribution is -2.28. The topological polar surface area (TPSA) is 147 Å². The van der Waals surface area contributed by atoms with Gasteiger partial charge in [-0.2, -0.15) is 15.6 Å². The first-order valence-corrected chi connectivity index (χ1v) is 6.58. The van der Waals surface area contributed by atoms with Crippen LogP contribution in [0.2, 0.25) is 0 Å². The molecule has 9 nitrogen and oxygen atoms in total. The Kier molecular flexibility index (Phi) is 4.46. The van der Waals surface area contributed by atoms with E-state index in [1.54, 1.807) is 43.3 Å². The van der Waals surface area contributed by atoms with Crippen molar-refractivity contribution in [1.29, 1.82) is 10.5 Å². The largest absolute Gasteiger partial charge is 0.448 e. The average Bonchev–Trinajstić information content (AvgIpc) is 2.84. The summed E-state index contributed by atoms with van der Waals surface area (Å²) in [6.07, 6.45) is 0.164. The Morgan fingerprint density at radius 3 is 2.57 bits per heavy atom. The molecule has 1 aromatic carbocycles. The van der Waals surface area contributed by atoms with Crippen LogP contribution in [0.4, 0.5) is 5.69 Å². The molecule has 1 saturated heterocycles. The molecular weight excluding hydrogens is 298 g/mol. The Morgan fingerprint density at radius 1 is 1.43 bits per heavy atom. The fourth-order valence-electron chi connectivity index (χ4n) is 2.27. The quantitative estimate of drug-likeness (QED) is 0.226. The maximum absolute atomic E-state index is 11.5. The molecule has 114 valence electrons. The minimum Gasteiger partial charge on any atom is -0.448 e. The highest BCUT2D eigenvalue weighted by molar-refractivity contribution is 6.10. The number of nitrogens with one attached hydrogen (secondary N) is 1. The van der Waals surface area contributed by atoms with Crippen LogP contribution in [0, 0.1) is 28.6 Å². The fourth-order valence-corrected chi connectivity index (χ4v) is 2.27. The summed E-state index contributed by atoms with van der Waals surface area (Å²) < 4.78 is 5.27. The van der Waals surface area contributed by atoms with Crippen LogP contribution in [0.15, 0.2) is 34.5 Å². The molecule has 2 atom stereocenters. The van der Waals surface area contributed by atoms with Crippen LogP contribution < -0.4 is 5.43 Å². The lowest BCUT2D eigenvalue weighted by Gasteiger charge is -2.26. The molecule has 0 spiro atoms. The van der Waals surface area contributed by atoms with Gasteiger partial charge in [-0.3, -0.25) is 10.2 Å². The molecule has 1 fully saturated rings. The third kappa shape index (κ3) is 3.05. The first kappa shape index (κ1) is 15.8. The van der Waals surface area contributed by atoms with Gasteiger partial charge in [0.25, 0.3) is 0 Å². The Bertz CT molecular complexity index is 765. The molecule has 1 aromatic rings. The highest BCUT2D eigenvalue weighted by Crippen LogP contribution is 2.43. The highest BCUT2D eigenvalue weighted by atomic mass is 16.6. The van der Waals surface area contributed by atoms with Gasteiger partial charge in [0.1, 0.15) is 12.1 Å². The monoisotopic (exact) mass is 309 g/mol. The SMILES string of the molecule is C[C@@H]1CC(=O)O[C@]1(N=[N+]=[N-])c1ccc(NN=C(C#N)C#N)cc1. The maximum atomic E-state index is 11.5. The summed E-state index contributed by atoms with van der Waals surface area (Å²) in [5.74, 6) is -0.726.